The molecule has 0 aliphatic carbocycles. The number of carbonyl (C=O) groups excluding carboxylic acids is 1. The second-order valence-corrected chi connectivity index (χ2v) is 9.61. The Morgan fingerprint density at radius 2 is 1.74 bits per heavy atom. The van der Waals surface area contributed by atoms with Gasteiger partial charge in [-0.3, -0.25) is 9.48 Å². The Hall–Kier alpha value is -4.08. The van der Waals surface area contributed by atoms with Gasteiger partial charge in [0.05, 0.1) is 36.0 Å². The summed E-state index contributed by atoms with van der Waals surface area (Å²) in [6.07, 6.45) is -0.0483. The van der Waals surface area contributed by atoms with Gasteiger partial charge in [0.15, 0.2) is 5.69 Å². The first-order valence-electron chi connectivity index (χ1n) is 12.7. The van der Waals surface area contributed by atoms with Gasteiger partial charge in [0.2, 0.25) is 5.88 Å². The molecule has 38 heavy (non-hydrogen) atoms. The standard InChI is InChI=1S/C28H26F3N5O2/c29-28(30,31)21-11-9-19(10-12-21)23-13-16-34(32-23)18-22-8-4-14-35(22)26(37)25-24(20-6-2-1-3-7-20)27-36(33-25)15-5-17-38-27/h1-3,6-7,9-13,16,22H,4-5,8,14-15,17-18H2/t22-/m0/s1. The van der Waals surface area contributed by atoms with E-state index in [1.54, 1.807) is 21.6 Å². The number of alkyl halides is 3. The molecule has 2 aromatic carbocycles. The van der Waals surface area contributed by atoms with Crippen molar-refractivity contribution >= 4 is 5.91 Å². The highest BCUT2D eigenvalue weighted by Gasteiger charge is 2.35. The minimum absolute atomic E-state index is 0.0777. The molecule has 196 valence electrons. The molecule has 4 heterocycles. The Bertz CT molecular complexity index is 1440. The fourth-order valence-electron chi connectivity index (χ4n) is 5.23. The second-order valence-electron chi connectivity index (χ2n) is 9.61. The number of nitrogens with zero attached hydrogens (tertiary/aromatic N) is 5. The van der Waals surface area contributed by atoms with Crippen molar-refractivity contribution in [3.05, 3.63) is 78.1 Å². The Morgan fingerprint density at radius 1 is 0.947 bits per heavy atom. The maximum Gasteiger partial charge on any atom is 0.416 e. The van der Waals surface area contributed by atoms with Gasteiger partial charge < -0.3 is 9.64 Å². The van der Waals surface area contributed by atoms with Crippen LogP contribution in [0.1, 0.15) is 35.3 Å². The molecule has 1 fully saturated rings. The molecular formula is C28H26F3N5O2. The molecule has 4 aromatic rings. The van der Waals surface area contributed by atoms with Crippen molar-refractivity contribution in [3.63, 3.8) is 0 Å². The molecule has 6 rings (SSSR count). The molecule has 2 aliphatic heterocycles. The third kappa shape index (κ3) is 4.55. The van der Waals surface area contributed by atoms with Gasteiger partial charge in [-0.2, -0.15) is 23.4 Å². The molecular weight excluding hydrogens is 495 g/mol. The largest absolute Gasteiger partial charge is 0.477 e. The Kier molecular flexibility index (Phi) is 6.17. The average Bonchev–Trinajstić information content (AvgIpc) is 3.67. The molecule has 0 N–H and O–H groups in total. The minimum Gasteiger partial charge on any atom is -0.477 e. The van der Waals surface area contributed by atoms with Gasteiger partial charge >= 0.3 is 6.18 Å². The third-order valence-corrected chi connectivity index (χ3v) is 7.11. The van der Waals surface area contributed by atoms with Crippen molar-refractivity contribution in [3.8, 4) is 28.3 Å². The number of hydrogen-bond acceptors (Lipinski definition) is 4. The third-order valence-electron chi connectivity index (χ3n) is 7.11. The molecule has 1 saturated heterocycles. The van der Waals surface area contributed by atoms with E-state index in [1.807, 2.05) is 35.2 Å². The zero-order valence-electron chi connectivity index (χ0n) is 20.6. The maximum atomic E-state index is 13.9. The number of halogens is 3. The number of carbonyl (C=O) groups is 1. The van der Waals surface area contributed by atoms with Gasteiger partial charge in [0, 0.05) is 31.3 Å². The van der Waals surface area contributed by atoms with Crippen LogP contribution in [0.15, 0.2) is 66.9 Å². The van der Waals surface area contributed by atoms with Gasteiger partial charge in [-0.25, -0.2) is 4.68 Å². The van der Waals surface area contributed by atoms with Gasteiger partial charge in [-0.05, 0) is 36.6 Å². The molecule has 0 spiro atoms. The lowest BCUT2D eigenvalue weighted by molar-refractivity contribution is -0.137. The first-order valence-corrected chi connectivity index (χ1v) is 12.7. The van der Waals surface area contributed by atoms with E-state index in [1.165, 1.54) is 12.1 Å². The summed E-state index contributed by atoms with van der Waals surface area (Å²) < 4.78 is 48.2. The van der Waals surface area contributed by atoms with Gasteiger partial charge in [0.25, 0.3) is 5.91 Å². The lowest BCUT2D eigenvalue weighted by Crippen LogP contribution is -2.38. The first-order chi connectivity index (χ1) is 18.4. The summed E-state index contributed by atoms with van der Waals surface area (Å²) in [5, 5.41) is 9.26. The van der Waals surface area contributed by atoms with E-state index >= 15 is 0 Å². The van der Waals surface area contributed by atoms with Crippen molar-refractivity contribution in [2.45, 2.75) is 44.6 Å². The summed E-state index contributed by atoms with van der Waals surface area (Å²) in [5.74, 6) is 0.502. The molecule has 2 aromatic heterocycles. The van der Waals surface area contributed by atoms with Gasteiger partial charge in [-0.15, -0.1) is 0 Å². The zero-order chi connectivity index (χ0) is 26.3. The van der Waals surface area contributed by atoms with Crippen molar-refractivity contribution in [1.29, 1.82) is 0 Å². The van der Waals surface area contributed by atoms with Crippen LogP contribution in [0.25, 0.3) is 22.4 Å². The van der Waals surface area contributed by atoms with Crippen molar-refractivity contribution in [2.75, 3.05) is 13.2 Å². The van der Waals surface area contributed by atoms with Crippen LogP contribution in [-0.2, 0) is 19.3 Å². The number of aromatic nitrogens is 4. The number of ether oxygens (including phenoxy) is 1. The van der Waals surface area contributed by atoms with Crippen LogP contribution in [0.5, 0.6) is 5.88 Å². The molecule has 2 aliphatic rings. The molecule has 0 bridgehead atoms. The summed E-state index contributed by atoms with van der Waals surface area (Å²) in [7, 11) is 0. The van der Waals surface area contributed by atoms with Crippen molar-refractivity contribution in [2.24, 2.45) is 0 Å². The first kappa shape index (κ1) is 24.3. The molecule has 10 heteroatoms. The van der Waals surface area contributed by atoms with Gasteiger partial charge in [-0.1, -0.05) is 42.5 Å². The predicted molar refractivity (Wildman–Crippen MR) is 134 cm³/mol. The average molecular weight is 522 g/mol. The molecule has 7 nitrogen and oxygen atoms in total. The van der Waals surface area contributed by atoms with E-state index in [0.29, 0.717) is 49.1 Å². The predicted octanol–water partition coefficient (Wildman–Crippen LogP) is 5.52. The number of hydrogen-bond donors (Lipinski definition) is 0. The number of rotatable bonds is 5. The molecule has 0 saturated carbocycles. The van der Waals surface area contributed by atoms with Crippen molar-refractivity contribution < 1.29 is 22.7 Å². The number of fused-ring (bicyclic) bond motifs is 1. The summed E-state index contributed by atoms with van der Waals surface area (Å²) in [6, 6.07) is 16.4. The Labute approximate surface area is 217 Å². The van der Waals surface area contributed by atoms with Crippen LogP contribution >= 0.6 is 0 Å². The van der Waals surface area contributed by atoms with E-state index in [0.717, 1.165) is 42.5 Å². The highest BCUT2D eigenvalue weighted by atomic mass is 19.4. The molecule has 1 amide bonds. The van der Waals surface area contributed by atoms with Crippen LogP contribution in [0.3, 0.4) is 0 Å². The number of aryl methyl sites for hydroxylation is 1. The van der Waals surface area contributed by atoms with Crippen LogP contribution in [-0.4, -0.2) is 49.6 Å². The van der Waals surface area contributed by atoms with E-state index < -0.39 is 11.7 Å². The van der Waals surface area contributed by atoms with Gasteiger partial charge in [0.1, 0.15) is 0 Å². The van der Waals surface area contributed by atoms with E-state index in [2.05, 4.69) is 10.2 Å². The molecule has 0 radical (unpaired) electrons. The maximum absolute atomic E-state index is 13.9. The van der Waals surface area contributed by atoms with Crippen LogP contribution in [0, 0.1) is 0 Å². The van der Waals surface area contributed by atoms with E-state index in [9.17, 15) is 18.0 Å². The minimum atomic E-state index is -4.38. The van der Waals surface area contributed by atoms with Crippen LogP contribution in [0.2, 0.25) is 0 Å². The second kappa shape index (κ2) is 9.66. The smallest absolute Gasteiger partial charge is 0.416 e. The highest BCUT2D eigenvalue weighted by molar-refractivity contribution is 6.00. The SMILES string of the molecule is O=C(c1nn2c(c1-c1ccccc1)OCCC2)N1CCC[C@H]1Cn1ccc(-c2ccc(C(F)(F)F)cc2)n1. The lowest BCUT2D eigenvalue weighted by Gasteiger charge is -2.24. The normalized spacial score (nSPS) is 17.3. The summed E-state index contributed by atoms with van der Waals surface area (Å²) in [4.78, 5) is 15.7. The monoisotopic (exact) mass is 521 g/mol. The lowest BCUT2D eigenvalue weighted by atomic mass is 10.0. The summed E-state index contributed by atoms with van der Waals surface area (Å²) in [5.41, 5.74) is 2.51. The molecule has 0 unspecified atom stereocenters. The fourth-order valence-corrected chi connectivity index (χ4v) is 5.23. The zero-order valence-corrected chi connectivity index (χ0v) is 20.6. The molecule has 1 atom stereocenters. The highest BCUT2D eigenvalue weighted by Crippen LogP contribution is 2.37. The van der Waals surface area contributed by atoms with E-state index in [-0.39, 0.29) is 11.9 Å². The number of benzene rings is 2. The quantitative estimate of drug-likeness (QED) is 0.347. The number of amides is 1. The van der Waals surface area contributed by atoms with E-state index in [4.69, 9.17) is 4.74 Å². The van der Waals surface area contributed by atoms with Crippen LogP contribution in [0.4, 0.5) is 13.2 Å². The van der Waals surface area contributed by atoms with Crippen molar-refractivity contribution in [1.82, 2.24) is 24.5 Å². The topological polar surface area (TPSA) is 65.2 Å². The number of likely N-dealkylation sites (tertiary alicyclic amines) is 1. The van der Waals surface area contributed by atoms with Crippen LogP contribution < -0.4 is 4.74 Å². The Balaban J connectivity index is 1.23. The fraction of sp³-hybridized carbons (Fsp3) is 0.321. The summed E-state index contributed by atoms with van der Waals surface area (Å²) >= 11 is 0. The summed E-state index contributed by atoms with van der Waals surface area (Å²) in [6.45, 7) is 2.39. The Morgan fingerprint density at radius 3 is 2.50 bits per heavy atom.